The number of hydrogen-bond acceptors (Lipinski definition) is 3. The Bertz CT molecular complexity index is 416. The van der Waals surface area contributed by atoms with Crippen molar-refractivity contribution in [1.82, 2.24) is 14.7 Å². The number of rotatable bonds is 4. The fourth-order valence-electron chi connectivity index (χ4n) is 2.93. The molecular formula is C14H25BrN4. The topological polar surface area (TPSA) is 47.1 Å². The van der Waals surface area contributed by atoms with E-state index in [1.54, 1.807) is 0 Å². The van der Waals surface area contributed by atoms with Crippen LogP contribution in [-0.2, 0) is 6.54 Å². The molecule has 3 unspecified atom stereocenters. The van der Waals surface area contributed by atoms with Gasteiger partial charge in [-0.25, -0.2) is 0 Å². The van der Waals surface area contributed by atoms with Gasteiger partial charge in [0, 0.05) is 18.5 Å². The van der Waals surface area contributed by atoms with Crippen LogP contribution in [0.2, 0.25) is 0 Å². The van der Waals surface area contributed by atoms with E-state index in [1.165, 1.54) is 18.5 Å². The average molecular weight is 329 g/mol. The summed E-state index contributed by atoms with van der Waals surface area (Å²) in [5.41, 5.74) is 7.65. The molecule has 3 atom stereocenters. The van der Waals surface area contributed by atoms with Crippen LogP contribution in [0.15, 0.2) is 10.7 Å². The lowest BCUT2D eigenvalue weighted by molar-refractivity contribution is 0.288. The maximum atomic E-state index is 6.35. The molecule has 1 aliphatic rings. The van der Waals surface area contributed by atoms with Crippen molar-refractivity contribution in [2.45, 2.75) is 44.7 Å². The van der Waals surface area contributed by atoms with Crippen LogP contribution in [0.4, 0.5) is 0 Å². The smallest absolute Gasteiger partial charge is 0.0635 e. The molecule has 1 aliphatic carbocycles. The second-order valence-electron chi connectivity index (χ2n) is 6.09. The van der Waals surface area contributed by atoms with Crippen molar-refractivity contribution in [2.24, 2.45) is 11.7 Å². The molecule has 1 heterocycles. The molecule has 4 nitrogen and oxygen atoms in total. The molecule has 1 aromatic rings. The summed E-state index contributed by atoms with van der Waals surface area (Å²) in [6, 6.07) is 0.266. The Labute approximate surface area is 124 Å². The summed E-state index contributed by atoms with van der Waals surface area (Å²) < 4.78 is 3.24. The molecule has 0 amide bonds. The minimum Gasteiger partial charge on any atom is -0.327 e. The number of likely N-dealkylation sites (N-methyl/N-ethyl adjacent to an activating group) is 1. The third-order valence-corrected chi connectivity index (χ3v) is 4.72. The van der Waals surface area contributed by atoms with Crippen LogP contribution in [0.25, 0.3) is 0 Å². The largest absolute Gasteiger partial charge is 0.327 e. The molecule has 19 heavy (non-hydrogen) atoms. The molecule has 5 heteroatoms. The number of hydrogen-bond donors (Lipinski definition) is 1. The molecule has 0 spiro atoms. The van der Waals surface area contributed by atoms with Crippen LogP contribution in [0.3, 0.4) is 0 Å². The molecular weight excluding hydrogens is 304 g/mol. The summed E-state index contributed by atoms with van der Waals surface area (Å²) in [4.78, 5) is 2.18. The van der Waals surface area contributed by atoms with Crippen molar-refractivity contribution in [3.8, 4) is 0 Å². The van der Waals surface area contributed by atoms with E-state index in [0.717, 1.165) is 29.9 Å². The first-order valence-corrected chi connectivity index (χ1v) is 7.90. The van der Waals surface area contributed by atoms with Crippen molar-refractivity contribution >= 4 is 15.9 Å². The quantitative estimate of drug-likeness (QED) is 0.923. The normalized spacial score (nSPS) is 28.0. The van der Waals surface area contributed by atoms with Gasteiger partial charge in [-0.2, -0.15) is 5.10 Å². The highest BCUT2D eigenvalue weighted by Gasteiger charge is 2.31. The van der Waals surface area contributed by atoms with Crippen molar-refractivity contribution in [1.29, 1.82) is 0 Å². The van der Waals surface area contributed by atoms with E-state index in [0.29, 0.717) is 5.92 Å². The lowest BCUT2D eigenvalue weighted by Gasteiger charge is -2.33. The van der Waals surface area contributed by atoms with Crippen LogP contribution < -0.4 is 5.73 Å². The minimum atomic E-state index is 0.266. The first kappa shape index (κ1) is 15.0. The summed E-state index contributed by atoms with van der Waals surface area (Å²) in [6.07, 6.45) is 5.46. The van der Waals surface area contributed by atoms with Crippen molar-refractivity contribution in [2.75, 3.05) is 20.6 Å². The molecule has 0 radical (unpaired) electrons. The Morgan fingerprint density at radius 2 is 2.21 bits per heavy atom. The standard InChI is InChI=1S/C14H25BrN4/c1-10-4-5-13(16)11(8-10)14-12(15)9-17-19(14)7-6-18(2)3/h9-11,13H,4-8,16H2,1-3H3. The van der Waals surface area contributed by atoms with Gasteiger partial charge in [0.15, 0.2) is 0 Å². The van der Waals surface area contributed by atoms with Gasteiger partial charge < -0.3 is 10.6 Å². The fourth-order valence-corrected chi connectivity index (χ4v) is 3.52. The number of nitrogens with zero attached hydrogens (tertiary/aromatic N) is 3. The molecule has 0 saturated heterocycles. The summed E-state index contributed by atoms with van der Waals surface area (Å²) in [5.74, 6) is 1.19. The molecule has 2 rings (SSSR count). The molecule has 1 fully saturated rings. The second-order valence-corrected chi connectivity index (χ2v) is 6.95. The third kappa shape index (κ3) is 3.58. The highest BCUT2D eigenvalue weighted by atomic mass is 79.9. The summed E-state index contributed by atoms with van der Waals surface area (Å²) in [6.45, 7) is 4.25. The van der Waals surface area contributed by atoms with Crippen LogP contribution in [0.5, 0.6) is 0 Å². The highest BCUT2D eigenvalue weighted by Crippen LogP contribution is 2.38. The van der Waals surface area contributed by atoms with Crippen LogP contribution in [0.1, 0.15) is 37.8 Å². The first-order valence-electron chi connectivity index (χ1n) is 7.10. The molecule has 1 aromatic heterocycles. The Kier molecular flexibility index (Phi) is 5.03. The maximum absolute atomic E-state index is 6.35. The molecule has 108 valence electrons. The minimum absolute atomic E-state index is 0.266. The van der Waals surface area contributed by atoms with E-state index in [2.05, 4.69) is 51.6 Å². The number of nitrogens with two attached hydrogens (primary N) is 1. The first-order chi connectivity index (χ1) is 8.99. The van der Waals surface area contributed by atoms with Crippen LogP contribution >= 0.6 is 15.9 Å². The van der Waals surface area contributed by atoms with E-state index in [4.69, 9.17) is 5.73 Å². The maximum Gasteiger partial charge on any atom is 0.0635 e. The Morgan fingerprint density at radius 3 is 2.89 bits per heavy atom. The molecule has 0 aliphatic heterocycles. The van der Waals surface area contributed by atoms with Crippen LogP contribution in [-0.4, -0.2) is 41.4 Å². The predicted octanol–water partition coefficient (Wildman–Crippen LogP) is 2.44. The van der Waals surface area contributed by atoms with E-state index < -0.39 is 0 Å². The van der Waals surface area contributed by atoms with E-state index in [-0.39, 0.29) is 6.04 Å². The zero-order valence-electron chi connectivity index (χ0n) is 12.1. The van der Waals surface area contributed by atoms with Gasteiger partial charge in [0.1, 0.15) is 0 Å². The highest BCUT2D eigenvalue weighted by molar-refractivity contribution is 9.10. The van der Waals surface area contributed by atoms with Gasteiger partial charge in [-0.15, -0.1) is 0 Å². The third-order valence-electron chi connectivity index (χ3n) is 4.11. The van der Waals surface area contributed by atoms with Gasteiger partial charge >= 0.3 is 0 Å². The summed E-state index contributed by atoms with van der Waals surface area (Å²) >= 11 is 3.65. The van der Waals surface area contributed by atoms with E-state index in [9.17, 15) is 0 Å². The molecule has 2 N–H and O–H groups in total. The van der Waals surface area contributed by atoms with Gasteiger partial charge in [0.05, 0.1) is 22.9 Å². The van der Waals surface area contributed by atoms with Crippen LogP contribution in [0, 0.1) is 5.92 Å². The lowest BCUT2D eigenvalue weighted by atomic mass is 9.77. The van der Waals surface area contributed by atoms with Crippen molar-refractivity contribution in [3.63, 3.8) is 0 Å². The van der Waals surface area contributed by atoms with Gasteiger partial charge in [-0.3, -0.25) is 4.68 Å². The Balaban J connectivity index is 2.19. The molecule has 1 saturated carbocycles. The Hall–Kier alpha value is -0.390. The SMILES string of the molecule is CC1CCC(N)C(c2c(Br)cnn2CCN(C)C)C1. The second kappa shape index (κ2) is 6.37. The van der Waals surface area contributed by atoms with Crippen molar-refractivity contribution < 1.29 is 0 Å². The molecule has 0 bridgehead atoms. The predicted molar refractivity (Wildman–Crippen MR) is 82.2 cm³/mol. The summed E-state index contributed by atoms with van der Waals surface area (Å²) in [7, 11) is 4.18. The monoisotopic (exact) mass is 328 g/mol. The lowest BCUT2D eigenvalue weighted by Crippen LogP contribution is -2.35. The van der Waals surface area contributed by atoms with E-state index in [1.807, 2.05) is 6.20 Å². The zero-order valence-corrected chi connectivity index (χ0v) is 13.7. The molecule has 0 aromatic carbocycles. The number of halogens is 1. The Morgan fingerprint density at radius 1 is 1.47 bits per heavy atom. The van der Waals surface area contributed by atoms with Crippen molar-refractivity contribution in [3.05, 3.63) is 16.4 Å². The zero-order chi connectivity index (χ0) is 14.0. The van der Waals surface area contributed by atoms with Gasteiger partial charge in [0.25, 0.3) is 0 Å². The van der Waals surface area contributed by atoms with Gasteiger partial charge in [-0.05, 0) is 55.2 Å². The summed E-state index contributed by atoms with van der Waals surface area (Å²) in [5, 5.41) is 4.51. The van der Waals surface area contributed by atoms with E-state index >= 15 is 0 Å². The average Bonchev–Trinajstić information content (AvgIpc) is 2.71. The fraction of sp³-hybridized carbons (Fsp3) is 0.786. The number of aromatic nitrogens is 2. The van der Waals surface area contributed by atoms with Gasteiger partial charge in [0.2, 0.25) is 0 Å². The van der Waals surface area contributed by atoms with Gasteiger partial charge in [-0.1, -0.05) is 6.92 Å².